The molecule has 2 aliphatic heterocycles. The zero-order chi connectivity index (χ0) is 24.7. The number of benzene rings is 1. The third-order valence-corrected chi connectivity index (χ3v) is 7.85. The number of para-hydroxylation sites is 1. The Hall–Kier alpha value is -2.36. The normalized spacial score (nSPS) is 20.0. The monoisotopic (exact) mass is 499 g/mol. The average molecular weight is 500 g/mol. The molecule has 1 aromatic heterocycles. The summed E-state index contributed by atoms with van der Waals surface area (Å²) in [5, 5.41) is 9.34. The number of ether oxygens (including phenoxy) is 1. The van der Waals surface area contributed by atoms with E-state index in [0.29, 0.717) is 16.9 Å². The lowest BCUT2D eigenvalue weighted by atomic mass is 9.72. The van der Waals surface area contributed by atoms with Gasteiger partial charge in [0.1, 0.15) is 17.6 Å². The Bertz CT molecular complexity index is 966. The van der Waals surface area contributed by atoms with Crippen molar-refractivity contribution in [3.05, 3.63) is 42.4 Å². The second-order valence-electron chi connectivity index (χ2n) is 9.93. The summed E-state index contributed by atoms with van der Waals surface area (Å²) < 4.78 is 9.30. The van der Waals surface area contributed by atoms with Crippen LogP contribution in [0.2, 0.25) is 0 Å². The van der Waals surface area contributed by atoms with Crippen LogP contribution >= 0.6 is 11.9 Å². The fraction of sp³-hybridized carbons (Fsp3) is 0.577. The second-order valence-corrected chi connectivity index (χ2v) is 10.6. The largest absolute Gasteiger partial charge is 0.478 e. The Morgan fingerprint density at radius 2 is 1.86 bits per heavy atom. The van der Waals surface area contributed by atoms with Gasteiger partial charge in [-0.2, -0.15) is 0 Å². The van der Waals surface area contributed by atoms with Crippen molar-refractivity contribution in [1.29, 1.82) is 0 Å². The number of carbonyl (C=O) groups is 1. The number of anilines is 1. The smallest absolute Gasteiger partial charge is 0.339 e. The molecule has 1 aromatic carbocycles. The van der Waals surface area contributed by atoms with E-state index < -0.39 is 5.97 Å². The summed E-state index contributed by atoms with van der Waals surface area (Å²) in [6, 6.07) is 7.42. The van der Waals surface area contributed by atoms with Gasteiger partial charge in [0.2, 0.25) is 0 Å². The molecule has 190 valence electrons. The molecule has 5 rings (SSSR count). The van der Waals surface area contributed by atoms with Gasteiger partial charge in [0.15, 0.2) is 11.6 Å². The molecule has 1 spiro atoms. The van der Waals surface area contributed by atoms with Gasteiger partial charge >= 0.3 is 5.97 Å². The molecule has 0 unspecified atom stereocenters. The predicted octanol–water partition coefficient (Wildman–Crippen LogP) is 4.69. The van der Waals surface area contributed by atoms with Gasteiger partial charge in [-0.15, -0.1) is 0 Å². The summed E-state index contributed by atoms with van der Waals surface area (Å²) >= 11 is 1.76. The summed E-state index contributed by atoms with van der Waals surface area (Å²) in [6.45, 7) is 4.17. The number of rotatable bonds is 6. The van der Waals surface area contributed by atoms with E-state index in [2.05, 4.69) is 37.8 Å². The van der Waals surface area contributed by atoms with Crippen molar-refractivity contribution in [1.82, 2.24) is 19.6 Å². The Labute approximate surface area is 212 Å². The van der Waals surface area contributed by atoms with E-state index in [1.165, 1.54) is 57.3 Å². The van der Waals surface area contributed by atoms with E-state index in [9.17, 15) is 9.90 Å². The number of hydrogen-bond donors (Lipinski definition) is 2. The van der Waals surface area contributed by atoms with Gasteiger partial charge in [0.25, 0.3) is 0 Å². The van der Waals surface area contributed by atoms with Gasteiger partial charge in [-0.3, -0.25) is 4.72 Å². The molecule has 9 heteroatoms. The van der Waals surface area contributed by atoms with Crippen molar-refractivity contribution in [2.45, 2.75) is 51.0 Å². The predicted molar refractivity (Wildman–Crippen MR) is 140 cm³/mol. The highest BCUT2D eigenvalue weighted by Gasteiger charge is 2.45. The van der Waals surface area contributed by atoms with Crippen LogP contribution in [0.1, 0.15) is 55.3 Å². The maximum Gasteiger partial charge on any atom is 0.339 e. The van der Waals surface area contributed by atoms with Crippen LogP contribution < -0.4 is 14.4 Å². The molecule has 2 aromatic rings. The molecular formula is C26H37N5O3S. The van der Waals surface area contributed by atoms with Crippen molar-refractivity contribution >= 4 is 23.7 Å². The molecule has 3 fully saturated rings. The Balaban J connectivity index is 0.000000271. The molecule has 0 atom stereocenters. The Morgan fingerprint density at radius 3 is 2.54 bits per heavy atom. The van der Waals surface area contributed by atoms with Crippen LogP contribution in [-0.2, 0) is 0 Å². The van der Waals surface area contributed by atoms with Crippen molar-refractivity contribution < 1.29 is 14.6 Å². The minimum absolute atomic E-state index is 0.123. The van der Waals surface area contributed by atoms with Crippen LogP contribution in [0.25, 0.3) is 0 Å². The first-order chi connectivity index (χ1) is 17.0. The van der Waals surface area contributed by atoms with Gasteiger partial charge in [-0.25, -0.2) is 14.8 Å². The van der Waals surface area contributed by atoms with Crippen LogP contribution in [0.15, 0.2) is 36.8 Å². The van der Waals surface area contributed by atoms with E-state index >= 15 is 0 Å². The number of hydrogen-bond acceptors (Lipinski definition) is 8. The third kappa shape index (κ3) is 6.65. The van der Waals surface area contributed by atoms with E-state index in [0.717, 1.165) is 38.0 Å². The highest BCUT2D eigenvalue weighted by atomic mass is 32.2. The standard InChI is InChI=1S/C19H22N4O3.C7H15NS/c1-22-8-6-19(7-9-22)11-23(12-19)17-16(10-20-13-21-17)26-15-5-3-2-4-14(15)18(24)25;1-9-8-7-5-3-2-4-6-7/h2-5,10,13H,6-9,11-12H2,1H3,(H,24,25);7-8H,2-6H2,1H3. The first-order valence-electron chi connectivity index (χ1n) is 12.5. The molecule has 2 saturated heterocycles. The Morgan fingerprint density at radius 1 is 1.14 bits per heavy atom. The van der Waals surface area contributed by atoms with Crippen LogP contribution in [0.4, 0.5) is 5.82 Å². The van der Waals surface area contributed by atoms with Crippen LogP contribution in [0.5, 0.6) is 11.5 Å². The first-order valence-corrected chi connectivity index (χ1v) is 13.7. The van der Waals surface area contributed by atoms with Crippen LogP contribution in [-0.4, -0.2) is 71.5 Å². The number of piperidine rings is 1. The summed E-state index contributed by atoms with van der Waals surface area (Å²) in [5.41, 5.74) is 0.492. The number of nitrogens with one attached hydrogen (secondary N) is 1. The number of aromatic carboxylic acids is 1. The summed E-state index contributed by atoms with van der Waals surface area (Å²) in [4.78, 5) is 24.4. The number of carboxylic acid groups (broad SMARTS) is 1. The van der Waals surface area contributed by atoms with Crippen molar-refractivity contribution in [2.24, 2.45) is 5.41 Å². The molecule has 0 radical (unpaired) electrons. The molecule has 0 bridgehead atoms. The van der Waals surface area contributed by atoms with Crippen LogP contribution in [0.3, 0.4) is 0 Å². The van der Waals surface area contributed by atoms with E-state index in [4.69, 9.17) is 4.74 Å². The van der Waals surface area contributed by atoms with Gasteiger partial charge in [0.05, 0.1) is 6.20 Å². The molecule has 3 aliphatic rings. The first kappa shape index (κ1) is 25.7. The topological polar surface area (TPSA) is 90.8 Å². The van der Waals surface area contributed by atoms with Crippen LogP contribution in [0, 0.1) is 5.41 Å². The lowest BCUT2D eigenvalue weighted by Gasteiger charge is -2.54. The fourth-order valence-corrected chi connectivity index (χ4v) is 5.75. The number of carboxylic acids is 1. The summed E-state index contributed by atoms with van der Waals surface area (Å²) in [6.07, 6.45) is 14.7. The molecule has 35 heavy (non-hydrogen) atoms. The molecule has 1 aliphatic carbocycles. The zero-order valence-electron chi connectivity index (χ0n) is 20.8. The van der Waals surface area contributed by atoms with Crippen molar-refractivity contribution in [3.63, 3.8) is 0 Å². The fourth-order valence-electron chi connectivity index (χ4n) is 5.18. The summed E-state index contributed by atoms with van der Waals surface area (Å²) in [5.74, 6) is 0.493. The minimum Gasteiger partial charge on any atom is -0.478 e. The average Bonchev–Trinajstić information content (AvgIpc) is 2.85. The summed E-state index contributed by atoms with van der Waals surface area (Å²) in [7, 11) is 2.17. The highest BCUT2D eigenvalue weighted by molar-refractivity contribution is 7.96. The third-order valence-electron chi connectivity index (χ3n) is 7.29. The van der Waals surface area contributed by atoms with E-state index in [-0.39, 0.29) is 5.56 Å². The maximum atomic E-state index is 11.4. The molecule has 0 amide bonds. The van der Waals surface area contributed by atoms with Crippen molar-refractivity contribution in [3.8, 4) is 11.5 Å². The van der Waals surface area contributed by atoms with E-state index in [1.54, 1.807) is 36.3 Å². The lowest BCUT2D eigenvalue weighted by molar-refractivity contribution is 0.0694. The van der Waals surface area contributed by atoms with Gasteiger partial charge in [-0.05, 0) is 64.2 Å². The number of aromatic nitrogens is 2. The molecular weight excluding hydrogens is 462 g/mol. The van der Waals surface area contributed by atoms with Gasteiger partial charge in [-0.1, -0.05) is 43.3 Å². The molecule has 8 nitrogen and oxygen atoms in total. The minimum atomic E-state index is -1.02. The number of likely N-dealkylation sites (tertiary alicyclic amines) is 1. The number of nitrogens with zero attached hydrogens (tertiary/aromatic N) is 4. The second kappa shape index (κ2) is 12.1. The molecule has 2 N–H and O–H groups in total. The molecule has 3 heterocycles. The van der Waals surface area contributed by atoms with E-state index in [1.807, 2.05) is 0 Å². The zero-order valence-corrected chi connectivity index (χ0v) is 21.6. The van der Waals surface area contributed by atoms with Crippen molar-refractivity contribution in [2.75, 3.05) is 44.4 Å². The molecule has 1 saturated carbocycles. The lowest BCUT2D eigenvalue weighted by Crippen LogP contribution is -2.60. The highest BCUT2D eigenvalue weighted by Crippen LogP contribution is 2.44. The van der Waals surface area contributed by atoms with Gasteiger partial charge < -0.3 is 19.6 Å². The van der Waals surface area contributed by atoms with Gasteiger partial charge in [0, 0.05) is 24.5 Å². The SMILES string of the molecule is CN1CCC2(CC1)CN(c1ncncc1Oc1ccccc1C(=O)O)C2.CSNC1CCCCC1. The Kier molecular flexibility index (Phi) is 8.86. The quantitative estimate of drug-likeness (QED) is 0.550. The maximum absolute atomic E-state index is 11.4.